The van der Waals surface area contributed by atoms with Crippen molar-refractivity contribution in [3.05, 3.63) is 59.5 Å². The van der Waals surface area contributed by atoms with Gasteiger partial charge in [0.15, 0.2) is 5.13 Å². The zero-order valence-electron chi connectivity index (χ0n) is 13.3. The van der Waals surface area contributed by atoms with Gasteiger partial charge in [0, 0.05) is 29.2 Å². The maximum atomic E-state index is 11.0. The van der Waals surface area contributed by atoms with E-state index in [0.29, 0.717) is 10.8 Å². The lowest BCUT2D eigenvalue weighted by molar-refractivity contribution is -0.255. The molecule has 126 valence electrons. The molecule has 0 bridgehead atoms. The maximum absolute atomic E-state index is 11.0. The Morgan fingerprint density at radius 1 is 1.08 bits per heavy atom. The lowest BCUT2D eigenvalue weighted by atomic mass is 10.1. The van der Waals surface area contributed by atoms with Crippen LogP contribution in [0.5, 0.6) is 0 Å². The van der Waals surface area contributed by atoms with Crippen molar-refractivity contribution in [2.45, 2.75) is 6.92 Å². The SMILES string of the molecule is CC(=O)Nc1ccc(-c2csc(Nc3cccc(C(=O)[O-])c3)n2)cc1. The number of nitrogens with one attached hydrogen (secondary N) is 2. The normalized spacial score (nSPS) is 10.3. The van der Waals surface area contributed by atoms with Crippen molar-refractivity contribution >= 4 is 39.7 Å². The fraction of sp³-hybridized carbons (Fsp3) is 0.0556. The number of aromatic carboxylic acids is 1. The maximum Gasteiger partial charge on any atom is 0.221 e. The number of aromatic nitrogens is 1. The van der Waals surface area contributed by atoms with Crippen molar-refractivity contribution in [1.82, 2.24) is 4.98 Å². The molecule has 0 aliphatic carbocycles. The van der Waals surface area contributed by atoms with Crippen LogP contribution in [-0.2, 0) is 4.79 Å². The molecule has 0 aliphatic rings. The highest BCUT2D eigenvalue weighted by molar-refractivity contribution is 7.14. The minimum Gasteiger partial charge on any atom is -0.545 e. The molecule has 6 nitrogen and oxygen atoms in total. The minimum absolute atomic E-state index is 0.107. The summed E-state index contributed by atoms with van der Waals surface area (Å²) in [5.41, 5.74) is 3.17. The standard InChI is InChI=1S/C18H15N3O3S/c1-11(22)19-14-7-5-12(6-8-14)16-10-25-18(21-16)20-15-4-2-3-13(9-15)17(23)24/h2-10H,1H3,(H,19,22)(H,20,21)(H,23,24)/p-1. The zero-order valence-corrected chi connectivity index (χ0v) is 14.1. The van der Waals surface area contributed by atoms with Gasteiger partial charge in [0.2, 0.25) is 5.91 Å². The molecule has 0 saturated carbocycles. The van der Waals surface area contributed by atoms with Crippen molar-refractivity contribution in [3.8, 4) is 11.3 Å². The van der Waals surface area contributed by atoms with Crippen LogP contribution in [-0.4, -0.2) is 16.9 Å². The van der Waals surface area contributed by atoms with Crippen molar-refractivity contribution < 1.29 is 14.7 Å². The van der Waals surface area contributed by atoms with E-state index in [0.717, 1.165) is 16.9 Å². The van der Waals surface area contributed by atoms with Gasteiger partial charge in [-0.3, -0.25) is 4.79 Å². The van der Waals surface area contributed by atoms with Gasteiger partial charge >= 0.3 is 0 Å². The number of hydrogen-bond acceptors (Lipinski definition) is 6. The van der Waals surface area contributed by atoms with Crippen LogP contribution in [0.2, 0.25) is 0 Å². The molecule has 1 heterocycles. The smallest absolute Gasteiger partial charge is 0.221 e. The molecule has 2 N–H and O–H groups in total. The summed E-state index contributed by atoms with van der Waals surface area (Å²) in [4.78, 5) is 26.4. The molecule has 0 unspecified atom stereocenters. The highest BCUT2D eigenvalue weighted by Gasteiger charge is 2.06. The predicted octanol–water partition coefficient (Wildman–Crippen LogP) is 2.88. The van der Waals surface area contributed by atoms with Crippen LogP contribution in [0.1, 0.15) is 17.3 Å². The first kappa shape index (κ1) is 16.7. The third-order valence-corrected chi connectivity index (χ3v) is 4.11. The molecule has 0 spiro atoms. The van der Waals surface area contributed by atoms with Crippen molar-refractivity contribution in [3.63, 3.8) is 0 Å². The Kier molecular flexibility index (Phi) is 4.76. The topological polar surface area (TPSA) is 94.2 Å². The van der Waals surface area contributed by atoms with E-state index in [1.54, 1.807) is 12.1 Å². The summed E-state index contributed by atoms with van der Waals surface area (Å²) in [7, 11) is 0. The van der Waals surface area contributed by atoms with Crippen LogP contribution in [0.3, 0.4) is 0 Å². The van der Waals surface area contributed by atoms with Crippen LogP contribution in [0.25, 0.3) is 11.3 Å². The third kappa shape index (κ3) is 4.21. The predicted molar refractivity (Wildman–Crippen MR) is 95.9 cm³/mol. The number of rotatable bonds is 5. The van der Waals surface area contributed by atoms with Crippen LogP contribution in [0.4, 0.5) is 16.5 Å². The average Bonchev–Trinajstić information content (AvgIpc) is 3.03. The van der Waals surface area contributed by atoms with E-state index in [2.05, 4.69) is 15.6 Å². The molecule has 3 aromatic rings. The first-order chi connectivity index (χ1) is 12.0. The molecule has 0 atom stereocenters. The quantitative estimate of drug-likeness (QED) is 0.736. The van der Waals surface area contributed by atoms with E-state index in [1.165, 1.54) is 30.4 Å². The van der Waals surface area contributed by atoms with Gasteiger partial charge < -0.3 is 20.5 Å². The number of carbonyl (C=O) groups is 2. The van der Waals surface area contributed by atoms with Crippen molar-refractivity contribution in [1.29, 1.82) is 0 Å². The van der Waals surface area contributed by atoms with E-state index >= 15 is 0 Å². The first-order valence-electron chi connectivity index (χ1n) is 7.43. The number of nitrogens with zero attached hydrogens (tertiary/aromatic N) is 1. The van der Waals surface area contributed by atoms with Gasteiger partial charge in [0.1, 0.15) is 0 Å². The molecule has 0 radical (unpaired) electrons. The van der Waals surface area contributed by atoms with E-state index in [-0.39, 0.29) is 11.5 Å². The summed E-state index contributed by atoms with van der Waals surface area (Å²) in [5, 5.41) is 19.3. The highest BCUT2D eigenvalue weighted by Crippen LogP contribution is 2.28. The Morgan fingerprint density at radius 2 is 1.84 bits per heavy atom. The summed E-state index contributed by atoms with van der Waals surface area (Å²) in [6, 6.07) is 13.8. The van der Waals surface area contributed by atoms with Gasteiger partial charge in [-0.15, -0.1) is 11.3 Å². The number of hydrogen-bond donors (Lipinski definition) is 2. The third-order valence-electron chi connectivity index (χ3n) is 3.35. The molecule has 7 heteroatoms. The molecular formula is C18H14N3O3S-. The Labute approximate surface area is 148 Å². The molecule has 1 aromatic heterocycles. The molecule has 0 aliphatic heterocycles. The van der Waals surface area contributed by atoms with E-state index in [4.69, 9.17) is 0 Å². The monoisotopic (exact) mass is 352 g/mol. The molecule has 25 heavy (non-hydrogen) atoms. The number of benzene rings is 2. The van der Waals surface area contributed by atoms with Crippen LogP contribution >= 0.6 is 11.3 Å². The Balaban J connectivity index is 1.75. The number of thiazole rings is 1. The number of carboxylic acid groups (broad SMARTS) is 1. The fourth-order valence-corrected chi connectivity index (χ4v) is 2.98. The van der Waals surface area contributed by atoms with E-state index < -0.39 is 5.97 Å². The van der Waals surface area contributed by atoms with Gasteiger partial charge in [-0.05, 0) is 29.8 Å². The van der Waals surface area contributed by atoms with Gasteiger partial charge in [-0.2, -0.15) is 0 Å². The molecular weight excluding hydrogens is 338 g/mol. The minimum atomic E-state index is -1.22. The largest absolute Gasteiger partial charge is 0.545 e. The summed E-state index contributed by atoms with van der Waals surface area (Å²) < 4.78 is 0. The van der Waals surface area contributed by atoms with Gasteiger partial charge in [-0.1, -0.05) is 24.3 Å². The van der Waals surface area contributed by atoms with Crippen LogP contribution < -0.4 is 15.7 Å². The Hall–Kier alpha value is -3.19. The second kappa shape index (κ2) is 7.14. The van der Waals surface area contributed by atoms with Crippen molar-refractivity contribution in [2.24, 2.45) is 0 Å². The lowest BCUT2D eigenvalue weighted by Gasteiger charge is -2.06. The molecule has 0 fully saturated rings. The number of carboxylic acids is 1. The average molecular weight is 352 g/mol. The molecule has 3 rings (SSSR count). The summed E-state index contributed by atoms with van der Waals surface area (Å²) in [5.74, 6) is -1.34. The second-order valence-electron chi connectivity index (χ2n) is 5.29. The van der Waals surface area contributed by atoms with Gasteiger partial charge in [0.25, 0.3) is 0 Å². The Bertz CT molecular complexity index is 919. The van der Waals surface area contributed by atoms with Crippen LogP contribution in [0.15, 0.2) is 53.9 Å². The number of anilines is 3. The summed E-state index contributed by atoms with van der Waals surface area (Å²) in [6.07, 6.45) is 0. The Morgan fingerprint density at radius 3 is 2.52 bits per heavy atom. The molecule has 2 aromatic carbocycles. The van der Waals surface area contributed by atoms with Crippen LogP contribution in [0, 0.1) is 0 Å². The van der Waals surface area contributed by atoms with E-state index in [1.807, 2.05) is 29.6 Å². The van der Waals surface area contributed by atoms with Gasteiger partial charge in [0.05, 0.1) is 11.7 Å². The fourth-order valence-electron chi connectivity index (χ4n) is 2.24. The van der Waals surface area contributed by atoms with E-state index in [9.17, 15) is 14.7 Å². The lowest BCUT2D eigenvalue weighted by Crippen LogP contribution is -2.22. The zero-order chi connectivity index (χ0) is 17.8. The second-order valence-corrected chi connectivity index (χ2v) is 6.15. The highest BCUT2D eigenvalue weighted by atomic mass is 32.1. The molecule has 1 amide bonds. The summed E-state index contributed by atoms with van der Waals surface area (Å²) >= 11 is 1.41. The molecule has 0 saturated heterocycles. The number of amides is 1. The number of carbonyl (C=O) groups excluding carboxylic acids is 2. The first-order valence-corrected chi connectivity index (χ1v) is 8.31. The van der Waals surface area contributed by atoms with Crippen molar-refractivity contribution in [2.75, 3.05) is 10.6 Å². The summed E-state index contributed by atoms with van der Waals surface area (Å²) in [6.45, 7) is 1.46. The van der Waals surface area contributed by atoms with Gasteiger partial charge in [-0.25, -0.2) is 4.98 Å².